The van der Waals surface area contributed by atoms with Gasteiger partial charge in [-0.15, -0.1) is 0 Å². The number of unbranched alkanes of at least 4 members (excludes halogenated alkanes) is 38. The van der Waals surface area contributed by atoms with Crippen LogP contribution in [0.1, 0.15) is 277 Å². The van der Waals surface area contributed by atoms with Crippen LogP contribution in [0.4, 0.5) is 0 Å². The van der Waals surface area contributed by atoms with E-state index < -0.39 is 124 Å². The summed E-state index contributed by atoms with van der Waals surface area (Å²) in [5.74, 6) is -0.269. The van der Waals surface area contributed by atoms with E-state index in [-0.39, 0.29) is 18.9 Å². The van der Waals surface area contributed by atoms with Crippen molar-refractivity contribution in [2.24, 2.45) is 0 Å². The van der Waals surface area contributed by atoms with Crippen LogP contribution in [-0.4, -0.2) is 193 Å². The molecule has 3 rings (SSSR count). The molecule has 0 aromatic carbocycles. The third-order valence-electron chi connectivity index (χ3n) is 17.8. The van der Waals surface area contributed by atoms with Crippen molar-refractivity contribution in [2.45, 2.75) is 381 Å². The molecule has 19 heteroatoms. The van der Waals surface area contributed by atoms with E-state index >= 15 is 0 Å². The predicted molar refractivity (Wildman–Crippen MR) is 333 cm³/mol. The van der Waals surface area contributed by atoms with Crippen molar-refractivity contribution in [3.8, 4) is 0 Å². The number of aliphatic hydroxyl groups is 11. The van der Waals surface area contributed by atoms with E-state index in [0.717, 1.165) is 44.9 Å². The monoisotopic (exact) mass is 1230 g/mol. The van der Waals surface area contributed by atoms with Crippen LogP contribution < -0.4 is 5.32 Å². The van der Waals surface area contributed by atoms with E-state index in [0.29, 0.717) is 6.42 Å². The number of amides is 1. The number of hydrogen-bond donors (Lipinski definition) is 12. The molecule has 0 bridgehead atoms. The molecule has 3 aliphatic heterocycles. The van der Waals surface area contributed by atoms with Crippen molar-refractivity contribution in [3.63, 3.8) is 0 Å². The maximum atomic E-state index is 13.4. The number of carbonyl (C=O) groups is 1. The minimum Gasteiger partial charge on any atom is -0.394 e. The van der Waals surface area contributed by atoms with Gasteiger partial charge < -0.3 is 89.9 Å². The van der Waals surface area contributed by atoms with Crippen LogP contribution >= 0.6 is 0 Å². The molecule has 3 saturated heterocycles. The quantitative estimate of drug-likeness (QED) is 0.0200. The van der Waals surface area contributed by atoms with Crippen LogP contribution in [0, 0.1) is 0 Å². The van der Waals surface area contributed by atoms with E-state index in [1.54, 1.807) is 6.08 Å². The summed E-state index contributed by atoms with van der Waals surface area (Å²) in [7, 11) is 0. The van der Waals surface area contributed by atoms with E-state index in [1.807, 2.05) is 6.08 Å². The maximum Gasteiger partial charge on any atom is 0.220 e. The average Bonchev–Trinajstić information content (AvgIpc) is 3.17. The van der Waals surface area contributed by atoms with Crippen LogP contribution in [0.2, 0.25) is 0 Å². The number of rotatable bonds is 54. The number of ether oxygens (including phenoxy) is 6. The molecule has 3 heterocycles. The van der Waals surface area contributed by atoms with Crippen LogP contribution in [0.3, 0.4) is 0 Å². The summed E-state index contributed by atoms with van der Waals surface area (Å²) in [5.41, 5.74) is 0. The van der Waals surface area contributed by atoms with Crippen LogP contribution in [-0.2, 0) is 33.2 Å². The van der Waals surface area contributed by atoms with Crippen molar-refractivity contribution < 1.29 is 89.4 Å². The first kappa shape index (κ1) is 78.8. The second-order valence-electron chi connectivity index (χ2n) is 25.4. The summed E-state index contributed by atoms with van der Waals surface area (Å²) >= 11 is 0. The van der Waals surface area contributed by atoms with Crippen LogP contribution in [0.5, 0.6) is 0 Å². The lowest BCUT2D eigenvalue weighted by atomic mass is 9.96. The number of aliphatic hydroxyl groups excluding tert-OH is 11. The molecule has 0 aliphatic carbocycles. The highest BCUT2D eigenvalue weighted by Gasteiger charge is 2.53. The molecule has 17 atom stereocenters. The SMILES string of the molecule is CCCCCCCCCCCCCCCCCCCCC/C=C/C(O)C(COC1OC(CO)C(OC2OC(CO)C(OC3OC(CO)C(O)C(O)C3O)C(O)C2O)C(O)C1O)NC(=O)CCCCCCCCCCCCCCCCCCCCCC. The molecule has 17 unspecified atom stereocenters. The molecular formula is C67H127NO18. The highest BCUT2D eigenvalue weighted by molar-refractivity contribution is 5.76. The topological polar surface area (TPSA) is 307 Å². The molecule has 0 spiro atoms. The molecule has 508 valence electrons. The second kappa shape index (κ2) is 50.1. The Labute approximate surface area is 518 Å². The van der Waals surface area contributed by atoms with Gasteiger partial charge in [-0.2, -0.15) is 0 Å². The summed E-state index contributed by atoms with van der Waals surface area (Å²) in [4.78, 5) is 13.4. The van der Waals surface area contributed by atoms with E-state index in [4.69, 9.17) is 28.4 Å². The standard InChI is InChI=1S/C67H127NO18/c1-3-5-7-9-11-13-15-17-19-21-23-25-26-28-30-32-34-36-38-40-42-44-51(72)50(68-55(73)45-43-41-39-37-35-33-31-29-27-24-22-20-18-16-14-12-10-8-6-4-2)49-81-65-61(79)58(76)63(53(47-70)83-65)86-67-62(80)59(77)64(54(48-71)84-67)85-66-60(78)57(75)56(74)52(46-69)82-66/h42,44,50-54,56-67,69-72,74-80H,3-41,43,45-49H2,1-2H3,(H,68,73)/b44-42+. The highest BCUT2D eigenvalue weighted by atomic mass is 16.8. The Bertz CT molecular complexity index is 1620. The van der Waals surface area contributed by atoms with Gasteiger partial charge in [0.25, 0.3) is 0 Å². The zero-order valence-electron chi connectivity index (χ0n) is 53.6. The summed E-state index contributed by atoms with van der Waals surface area (Å²) in [6, 6.07) is -0.968. The Morgan fingerprint density at radius 1 is 0.407 bits per heavy atom. The molecule has 1 amide bonds. The minimum absolute atomic E-state index is 0.250. The van der Waals surface area contributed by atoms with Crippen LogP contribution in [0.15, 0.2) is 12.2 Å². The van der Waals surface area contributed by atoms with Crippen molar-refractivity contribution >= 4 is 5.91 Å². The van der Waals surface area contributed by atoms with Crippen molar-refractivity contribution in [1.29, 1.82) is 0 Å². The van der Waals surface area contributed by atoms with E-state index in [9.17, 15) is 61.0 Å². The number of nitrogens with one attached hydrogen (secondary N) is 1. The summed E-state index contributed by atoms with van der Waals surface area (Å²) in [6.07, 6.45) is 27.5. The van der Waals surface area contributed by atoms with Gasteiger partial charge in [0.1, 0.15) is 73.2 Å². The molecule has 3 aliphatic rings. The minimum atomic E-state index is -1.98. The zero-order chi connectivity index (χ0) is 62.6. The van der Waals surface area contributed by atoms with Gasteiger partial charge in [0.05, 0.1) is 38.6 Å². The fraction of sp³-hybridized carbons (Fsp3) is 0.955. The normalized spacial score (nSPS) is 28.8. The molecule has 0 radical (unpaired) electrons. The first-order valence-electron chi connectivity index (χ1n) is 34.9. The fourth-order valence-electron chi connectivity index (χ4n) is 12.1. The predicted octanol–water partition coefficient (Wildman–Crippen LogP) is 8.89. The molecule has 86 heavy (non-hydrogen) atoms. The van der Waals surface area contributed by atoms with Gasteiger partial charge in [0.15, 0.2) is 18.9 Å². The molecule has 19 nitrogen and oxygen atoms in total. The third kappa shape index (κ3) is 32.2. The van der Waals surface area contributed by atoms with Crippen molar-refractivity contribution in [1.82, 2.24) is 5.32 Å². The highest BCUT2D eigenvalue weighted by Crippen LogP contribution is 2.33. The largest absolute Gasteiger partial charge is 0.394 e. The van der Waals surface area contributed by atoms with Gasteiger partial charge in [0, 0.05) is 6.42 Å². The lowest BCUT2D eigenvalue weighted by Gasteiger charge is -2.48. The maximum absolute atomic E-state index is 13.4. The fourth-order valence-corrected chi connectivity index (χ4v) is 12.1. The number of carbonyl (C=O) groups excluding carboxylic acids is 1. The van der Waals surface area contributed by atoms with Crippen molar-refractivity contribution in [3.05, 3.63) is 12.2 Å². The summed E-state index contributed by atoms with van der Waals surface area (Å²) in [5, 5.41) is 121. The van der Waals surface area contributed by atoms with Gasteiger partial charge >= 0.3 is 0 Å². The molecular weight excluding hydrogens is 1110 g/mol. The summed E-state index contributed by atoms with van der Waals surface area (Å²) in [6.45, 7) is 1.78. The van der Waals surface area contributed by atoms with Gasteiger partial charge in [-0.1, -0.05) is 264 Å². The third-order valence-corrected chi connectivity index (χ3v) is 17.8. The Balaban J connectivity index is 1.45. The molecule has 3 fully saturated rings. The average molecular weight is 1230 g/mol. The number of hydrogen-bond acceptors (Lipinski definition) is 18. The summed E-state index contributed by atoms with van der Waals surface area (Å²) < 4.78 is 34.4. The van der Waals surface area contributed by atoms with Gasteiger partial charge in [-0.3, -0.25) is 4.79 Å². The Morgan fingerprint density at radius 2 is 0.721 bits per heavy atom. The lowest BCUT2D eigenvalue weighted by Crippen LogP contribution is -2.66. The molecule has 0 saturated carbocycles. The first-order chi connectivity index (χ1) is 41.8. The molecule has 0 aromatic rings. The molecule has 12 N–H and O–H groups in total. The Kier molecular flexibility index (Phi) is 45.9. The van der Waals surface area contributed by atoms with E-state index in [1.165, 1.54) is 205 Å². The van der Waals surface area contributed by atoms with Gasteiger partial charge in [-0.05, 0) is 19.3 Å². The number of allylic oxidation sites excluding steroid dienone is 1. The smallest absolute Gasteiger partial charge is 0.220 e. The van der Waals surface area contributed by atoms with Gasteiger partial charge in [-0.25, -0.2) is 0 Å². The molecule has 0 aromatic heterocycles. The van der Waals surface area contributed by atoms with Crippen LogP contribution in [0.25, 0.3) is 0 Å². The first-order valence-corrected chi connectivity index (χ1v) is 34.9. The van der Waals surface area contributed by atoms with E-state index in [2.05, 4.69) is 19.2 Å². The zero-order valence-corrected chi connectivity index (χ0v) is 53.6. The lowest BCUT2D eigenvalue weighted by molar-refractivity contribution is -0.379. The van der Waals surface area contributed by atoms with Crippen molar-refractivity contribution in [2.75, 3.05) is 26.4 Å². The Morgan fingerprint density at radius 3 is 1.09 bits per heavy atom. The van der Waals surface area contributed by atoms with Gasteiger partial charge in [0.2, 0.25) is 5.91 Å². The Hall–Kier alpha value is -1.47. The second-order valence-corrected chi connectivity index (χ2v) is 25.4.